The maximum atomic E-state index is 12.1. The number of hydrogen-bond donors (Lipinski definition) is 1. The maximum absolute atomic E-state index is 12.1. The quantitative estimate of drug-likeness (QED) is 0.796. The van der Waals surface area contributed by atoms with Crippen molar-refractivity contribution in [3.05, 3.63) is 56.3 Å². The first-order valence-electron chi connectivity index (χ1n) is 6.58. The van der Waals surface area contributed by atoms with Gasteiger partial charge >= 0.3 is 11.9 Å². The van der Waals surface area contributed by atoms with Gasteiger partial charge in [-0.05, 0) is 17.7 Å². The van der Waals surface area contributed by atoms with Gasteiger partial charge in [-0.1, -0.05) is 29.3 Å². The number of esters is 2. The fourth-order valence-corrected chi connectivity index (χ4v) is 3.28. The van der Waals surface area contributed by atoms with Crippen LogP contribution in [0, 0.1) is 0 Å². The SMILES string of the molecule is O=C1OCC2=C1C(c1ccc(Cl)c(Cl)c1)C1=C(COC1=O)N2. The number of carbonyl (C=O) groups is 2. The van der Waals surface area contributed by atoms with Crippen LogP contribution >= 0.6 is 23.2 Å². The van der Waals surface area contributed by atoms with E-state index in [1.165, 1.54) is 0 Å². The number of ether oxygens (including phenoxy) is 2. The molecule has 0 bridgehead atoms. The number of benzene rings is 1. The van der Waals surface area contributed by atoms with Crippen LogP contribution in [0.3, 0.4) is 0 Å². The highest BCUT2D eigenvalue weighted by molar-refractivity contribution is 6.42. The number of cyclic esters (lactones) is 2. The molecule has 1 aromatic carbocycles. The first kappa shape index (κ1) is 13.7. The second-order valence-corrected chi connectivity index (χ2v) is 5.98. The van der Waals surface area contributed by atoms with E-state index < -0.39 is 17.9 Å². The van der Waals surface area contributed by atoms with Gasteiger partial charge in [-0.25, -0.2) is 9.59 Å². The molecule has 4 rings (SSSR count). The lowest BCUT2D eigenvalue weighted by molar-refractivity contribution is -0.136. The fourth-order valence-electron chi connectivity index (χ4n) is 2.98. The molecule has 3 aliphatic rings. The Bertz CT molecular complexity index is 757. The van der Waals surface area contributed by atoms with Gasteiger partial charge in [-0.3, -0.25) is 0 Å². The second kappa shape index (κ2) is 4.76. The average Bonchev–Trinajstić information content (AvgIpc) is 3.05. The van der Waals surface area contributed by atoms with Crippen LogP contribution in [0.2, 0.25) is 10.0 Å². The van der Waals surface area contributed by atoms with E-state index in [1.807, 2.05) is 0 Å². The molecule has 0 aliphatic carbocycles. The summed E-state index contributed by atoms with van der Waals surface area (Å²) in [6, 6.07) is 5.05. The van der Waals surface area contributed by atoms with E-state index in [0.29, 0.717) is 38.1 Å². The van der Waals surface area contributed by atoms with Gasteiger partial charge in [0.1, 0.15) is 13.2 Å². The van der Waals surface area contributed by atoms with Crippen LogP contribution in [-0.2, 0) is 19.1 Å². The summed E-state index contributed by atoms with van der Waals surface area (Å²) in [5, 5.41) is 3.84. The molecule has 0 saturated heterocycles. The van der Waals surface area contributed by atoms with E-state index in [1.54, 1.807) is 18.2 Å². The van der Waals surface area contributed by atoms with Gasteiger partial charge in [-0.2, -0.15) is 0 Å². The zero-order valence-electron chi connectivity index (χ0n) is 11.1. The predicted molar refractivity (Wildman–Crippen MR) is 78.3 cm³/mol. The van der Waals surface area contributed by atoms with Crippen LogP contribution in [0.1, 0.15) is 11.5 Å². The summed E-state index contributed by atoms with van der Waals surface area (Å²) >= 11 is 12.0. The predicted octanol–water partition coefficient (Wildman–Crippen LogP) is 2.30. The van der Waals surface area contributed by atoms with Crippen molar-refractivity contribution >= 4 is 35.1 Å². The Balaban J connectivity index is 1.91. The summed E-state index contributed by atoms with van der Waals surface area (Å²) in [6.45, 7) is 0.327. The van der Waals surface area contributed by atoms with Gasteiger partial charge in [-0.15, -0.1) is 0 Å². The molecule has 0 amide bonds. The molecule has 0 aromatic heterocycles. The molecule has 0 atom stereocenters. The number of nitrogens with one attached hydrogen (secondary N) is 1. The average molecular weight is 338 g/mol. The van der Waals surface area contributed by atoms with Crippen molar-refractivity contribution < 1.29 is 19.1 Å². The van der Waals surface area contributed by atoms with Crippen LogP contribution in [0.25, 0.3) is 0 Å². The molecule has 3 aliphatic heterocycles. The van der Waals surface area contributed by atoms with Crippen molar-refractivity contribution in [2.75, 3.05) is 13.2 Å². The summed E-state index contributed by atoms with van der Waals surface area (Å²) in [4.78, 5) is 24.2. The lowest BCUT2D eigenvalue weighted by Gasteiger charge is -2.24. The minimum Gasteiger partial charge on any atom is -0.456 e. The van der Waals surface area contributed by atoms with Crippen molar-refractivity contribution in [2.45, 2.75) is 5.92 Å². The van der Waals surface area contributed by atoms with Crippen molar-refractivity contribution in [2.24, 2.45) is 0 Å². The largest absolute Gasteiger partial charge is 0.456 e. The highest BCUT2D eigenvalue weighted by atomic mass is 35.5. The maximum Gasteiger partial charge on any atom is 0.337 e. The molecule has 3 heterocycles. The number of hydrogen-bond acceptors (Lipinski definition) is 5. The van der Waals surface area contributed by atoms with Gasteiger partial charge in [0, 0.05) is 0 Å². The van der Waals surface area contributed by atoms with Crippen LogP contribution < -0.4 is 5.32 Å². The first-order valence-corrected chi connectivity index (χ1v) is 7.34. The third kappa shape index (κ3) is 1.86. The lowest BCUT2D eigenvalue weighted by atomic mass is 9.81. The summed E-state index contributed by atoms with van der Waals surface area (Å²) in [6.07, 6.45) is 0. The first-order chi connectivity index (χ1) is 10.6. The zero-order chi connectivity index (χ0) is 15.4. The molecule has 112 valence electrons. The summed E-state index contributed by atoms with van der Waals surface area (Å²) in [7, 11) is 0. The molecular weight excluding hydrogens is 329 g/mol. The van der Waals surface area contributed by atoms with Crippen LogP contribution in [0.5, 0.6) is 0 Å². The molecule has 1 N–H and O–H groups in total. The Hall–Kier alpha value is -1.98. The van der Waals surface area contributed by atoms with Crippen LogP contribution in [0.4, 0.5) is 0 Å². The Morgan fingerprint density at radius 1 is 0.955 bits per heavy atom. The van der Waals surface area contributed by atoms with Gasteiger partial charge in [0.15, 0.2) is 0 Å². The summed E-state index contributed by atoms with van der Waals surface area (Å²) in [5.74, 6) is -1.43. The van der Waals surface area contributed by atoms with E-state index in [2.05, 4.69) is 5.32 Å². The van der Waals surface area contributed by atoms with E-state index in [-0.39, 0.29) is 13.2 Å². The molecule has 0 spiro atoms. The standard InChI is InChI=1S/C15H9Cl2NO4/c16-7-2-1-6(3-8(7)17)11-12-9(4-21-14(12)19)18-10-5-22-15(20)13(10)11/h1-3,11,18H,4-5H2. The second-order valence-electron chi connectivity index (χ2n) is 5.17. The van der Waals surface area contributed by atoms with E-state index in [0.717, 1.165) is 0 Å². The third-order valence-corrected chi connectivity index (χ3v) is 4.68. The number of halogens is 2. The number of dihydropyridines is 1. The molecule has 1 aromatic rings. The molecule has 5 nitrogen and oxygen atoms in total. The molecule has 0 unspecified atom stereocenters. The Morgan fingerprint density at radius 3 is 2.09 bits per heavy atom. The summed E-state index contributed by atoms with van der Waals surface area (Å²) < 4.78 is 10.2. The van der Waals surface area contributed by atoms with Crippen molar-refractivity contribution in [3.8, 4) is 0 Å². The minimum absolute atomic E-state index is 0.164. The van der Waals surface area contributed by atoms with Crippen LogP contribution in [-0.4, -0.2) is 25.2 Å². The van der Waals surface area contributed by atoms with Gasteiger partial charge in [0.05, 0.1) is 38.5 Å². The smallest absolute Gasteiger partial charge is 0.337 e. The molecule has 0 radical (unpaired) electrons. The minimum atomic E-state index is -0.550. The monoisotopic (exact) mass is 337 g/mol. The fraction of sp³-hybridized carbons (Fsp3) is 0.200. The van der Waals surface area contributed by atoms with E-state index in [4.69, 9.17) is 32.7 Å². The van der Waals surface area contributed by atoms with E-state index >= 15 is 0 Å². The highest BCUT2D eigenvalue weighted by Gasteiger charge is 2.45. The van der Waals surface area contributed by atoms with E-state index in [9.17, 15) is 9.59 Å². The van der Waals surface area contributed by atoms with Crippen molar-refractivity contribution in [1.82, 2.24) is 5.32 Å². The Labute approximate surface area is 135 Å². The molecular formula is C15H9Cl2NO4. The Kier molecular flexibility index (Phi) is 2.96. The van der Waals surface area contributed by atoms with Crippen molar-refractivity contribution in [1.29, 1.82) is 0 Å². The highest BCUT2D eigenvalue weighted by Crippen LogP contribution is 2.44. The molecule has 7 heteroatoms. The lowest BCUT2D eigenvalue weighted by Crippen LogP contribution is -2.27. The summed E-state index contributed by atoms with van der Waals surface area (Å²) in [5.41, 5.74) is 2.89. The molecule has 0 fully saturated rings. The number of rotatable bonds is 1. The van der Waals surface area contributed by atoms with Gasteiger partial charge < -0.3 is 14.8 Å². The topological polar surface area (TPSA) is 64.6 Å². The molecule has 22 heavy (non-hydrogen) atoms. The van der Waals surface area contributed by atoms with Gasteiger partial charge in [0.2, 0.25) is 0 Å². The zero-order valence-corrected chi connectivity index (χ0v) is 12.6. The van der Waals surface area contributed by atoms with Crippen LogP contribution in [0.15, 0.2) is 40.7 Å². The molecule has 0 saturated carbocycles. The third-order valence-electron chi connectivity index (χ3n) is 3.94. The van der Waals surface area contributed by atoms with Crippen molar-refractivity contribution in [3.63, 3.8) is 0 Å². The normalized spacial score (nSPS) is 20.6. The Morgan fingerprint density at radius 2 is 1.55 bits per heavy atom. The van der Waals surface area contributed by atoms with Gasteiger partial charge in [0.25, 0.3) is 0 Å². The number of carbonyl (C=O) groups excluding carboxylic acids is 2.